The summed E-state index contributed by atoms with van der Waals surface area (Å²) >= 11 is 3.38. The van der Waals surface area contributed by atoms with E-state index in [4.69, 9.17) is 9.52 Å². The summed E-state index contributed by atoms with van der Waals surface area (Å²) in [6, 6.07) is 15.5. The second-order valence-corrected chi connectivity index (χ2v) is 6.06. The van der Waals surface area contributed by atoms with Crippen LogP contribution < -0.4 is 10.4 Å². The number of carboxylic acid groups (broad SMARTS) is 1. The zero-order valence-electron chi connectivity index (χ0n) is 12.5. The van der Waals surface area contributed by atoms with E-state index < -0.39 is 11.7 Å². The van der Waals surface area contributed by atoms with Crippen molar-refractivity contribution in [2.75, 3.05) is 5.32 Å². The zero-order valence-corrected chi connectivity index (χ0v) is 14.0. The number of benzene rings is 2. The van der Waals surface area contributed by atoms with Crippen LogP contribution in [0.4, 0.5) is 5.69 Å². The summed E-state index contributed by atoms with van der Waals surface area (Å²) in [6.45, 7) is 0.493. The van der Waals surface area contributed by atoms with Crippen LogP contribution in [0.1, 0.15) is 16.1 Å². The van der Waals surface area contributed by atoms with Gasteiger partial charge in [-0.3, -0.25) is 0 Å². The first kappa shape index (κ1) is 16.1. The third-order valence-electron chi connectivity index (χ3n) is 3.47. The number of carboxylic acids is 1. The molecule has 0 saturated heterocycles. The van der Waals surface area contributed by atoms with Crippen molar-refractivity contribution < 1.29 is 19.4 Å². The molecule has 5 nitrogen and oxygen atoms in total. The highest BCUT2D eigenvalue weighted by atomic mass is 79.9. The van der Waals surface area contributed by atoms with Crippen LogP contribution in [0.3, 0.4) is 0 Å². The topological polar surface area (TPSA) is 85.5 Å². The smallest absolute Gasteiger partial charge is 0.335 e. The van der Waals surface area contributed by atoms with Crippen LogP contribution >= 0.6 is 15.9 Å². The molecule has 3 rings (SSSR count). The van der Waals surface area contributed by atoms with Gasteiger partial charge in [-0.25, -0.2) is 4.79 Å². The van der Waals surface area contributed by atoms with Crippen molar-refractivity contribution in [3.05, 3.63) is 70.4 Å². The first-order valence-corrected chi connectivity index (χ1v) is 7.95. The Balaban J connectivity index is 1.74. The van der Waals surface area contributed by atoms with Gasteiger partial charge in [-0.2, -0.15) is 0 Å². The lowest BCUT2D eigenvalue weighted by molar-refractivity contribution is -0.268. The van der Waals surface area contributed by atoms with Crippen LogP contribution in [0.25, 0.3) is 11.3 Å². The monoisotopic (exact) mass is 386 g/mol. The molecule has 1 heterocycles. The number of hydrogen-bond donors (Lipinski definition) is 2. The van der Waals surface area contributed by atoms with E-state index in [9.17, 15) is 9.90 Å². The van der Waals surface area contributed by atoms with Crippen LogP contribution in [0, 0.1) is 0 Å². The summed E-state index contributed by atoms with van der Waals surface area (Å²) < 4.78 is 6.73. The van der Waals surface area contributed by atoms with Gasteiger partial charge in [0.1, 0.15) is 11.5 Å². The molecule has 122 valence electrons. The van der Waals surface area contributed by atoms with Gasteiger partial charge in [0.2, 0.25) is 0 Å². The highest BCUT2D eigenvalue weighted by Gasteiger charge is 2.09. The predicted molar refractivity (Wildman–Crippen MR) is 92.0 cm³/mol. The number of hydrogen-bond acceptors (Lipinski definition) is 4. The Labute approximate surface area is 146 Å². The Kier molecular flexibility index (Phi) is 4.57. The molecule has 0 radical (unpaired) electrons. The summed E-state index contributed by atoms with van der Waals surface area (Å²) in [5.41, 5.74) is 1.25. The van der Waals surface area contributed by atoms with Crippen molar-refractivity contribution in [3.8, 4) is 17.1 Å². The number of nitrogens with one attached hydrogen (secondary N) is 1. The Hall–Kier alpha value is -2.73. The summed E-state index contributed by atoms with van der Waals surface area (Å²) in [5.74, 6) is -0.540. The quantitative estimate of drug-likeness (QED) is 0.689. The molecule has 0 bridgehead atoms. The van der Waals surface area contributed by atoms with Gasteiger partial charge in [-0.15, -0.1) is 0 Å². The number of anilines is 1. The summed E-state index contributed by atoms with van der Waals surface area (Å²) in [7, 11) is 0. The van der Waals surface area contributed by atoms with Crippen molar-refractivity contribution in [1.82, 2.24) is 0 Å². The molecule has 24 heavy (non-hydrogen) atoms. The fourth-order valence-electron chi connectivity index (χ4n) is 2.24. The van der Waals surface area contributed by atoms with Crippen LogP contribution in [0.15, 0.2) is 63.5 Å². The van der Waals surface area contributed by atoms with E-state index in [-0.39, 0.29) is 5.56 Å². The van der Waals surface area contributed by atoms with E-state index in [0.29, 0.717) is 23.6 Å². The molecular formula is C18H13BrNO4-. The third-order valence-corrected chi connectivity index (χ3v) is 4.00. The average Bonchev–Trinajstić information content (AvgIpc) is 3.03. The lowest BCUT2D eigenvalue weighted by atomic mass is 10.1. The molecule has 3 aromatic rings. The maximum atomic E-state index is 11.5. The van der Waals surface area contributed by atoms with Gasteiger partial charge >= 0.3 is 5.97 Å². The largest absolute Gasteiger partial charge is 0.872 e. The molecule has 0 aliphatic heterocycles. The van der Waals surface area contributed by atoms with Gasteiger partial charge in [0, 0.05) is 15.7 Å². The summed E-state index contributed by atoms with van der Waals surface area (Å²) in [6.07, 6.45) is 0. The van der Waals surface area contributed by atoms with Crippen LogP contribution in [0.2, 0.25) is 0 Å². The maximum absolute atomic E-state index is 11.5. The average molecular weight is 387 g/mol. The summed E-state index contributed by atoms with van der Waals surface area (Å²) in [5, 5.41) is 23.8. The highest BCUT2D eigenvalue weighted by molar-refractivity contribution is 9.10. The fourth-order valence-corrected chi connectivity index (χ4v) is 2.50. The molecule has 0 amide bonds. The molecule has 0 saturated carbocycles. The minimum Gasteiger partial charge on any atom is -0.872 e. The van der Waals surface area contributed by atoms with E-state index >= 15 is 0 Å². The van der Waals surface area contributed by atoms with Crippen molar-refractivity contribution in [3.63, 3.8) is 0 Å². The predicted octanol–water partition coefficient (Wildman–Crippen LogP) is 4.09. The van der Waals surface area contributed by atoms with E-state index in [1.54, 1.807) is 12.1 Å². The van der Waals surface area contributed by atoms with Gasteiger partial charge in [0.15, 0.2) is 0 Å². The molecule has 2 N–H and O–H groups in total. The van der Waals surface area contributed by atoms with Gasteiger partial charge < -0.3 is 19.9 Å². The maximum Gasteiger partial charge on any atom is 0.335 e. The van der Waals surface area contributed by atoms with Gasteiger partial charge in [0.05, 0.1) is 12.1 Å². The highest BCUT2D eigenvalue weighted by Crippen LogP contribution is 2.27. The number of halogens is 1. The molecule has 0 fully saturated rings. The molecule has 0 aliphatic carbocycles. The third kappa shape index (κ3) is 3.60. The van der Waals surface area contributed by atoms with Crippen molar-refractivity contribution in [2.24, 2.45) is 0 Å². The van der Waals surface area contributed by atoms with Crippen molar-refractivity contribution >= 4 is 27.6 Å². The fraction of sp³-hybridized carbons (Fsp3) is 0.0556. The van der Waals surface area contributed by atoms with Crippen molar-refractivity contribution in [2.45, 2.75) is 6.54 Å². The number of rotatable bonds is 5. The minimum absolute atomic E-state index is 0.265. The summed E-state index contributed by atoms with van der Waals surface area (Å²) in [4.78, 5) is 11.0. The van der Waals surface area contributed by atoms with E-state index in [0.717, 1.165) is 10.2 Å². The molecular weight excluding hydrogens is 374 g/mol. The zero-order chi connectivity index (χ0) is 17.1. The van der Waals surface area contributed by atoms with Gasteiger partial charge in [-0.05, 0) is 42.5 Å². The second kappa shape index (κ2) is 6.80. The van der Waals surface area contributed by atoms with E-state index in [2.05, 4.69) is 21.2 Å². The Bertz CT molecular complexity index is 871. The minimum atomic E-state index is -1.24. The number of furan rings is 1. The Morgan fingerprint density at radius 1 is 1.12 bits per heavy atom. The normalized spacial score (nSPS) is 10.5. The van der Waals surface area contributed by atoms with Crippen LogP contribution in [0.5, 0.6) is 5.75 Å². The van der Waals surface area contributed by atoms with E-state index in [1.165, 1.54) is 12.1 Å². The van der Waals surface area contributed by atoms with Crippen molar-refractivity contribution in [1.29, 1.82) is 0 Å². The first-order valence-electron chi connectivity index (χ1n) is 7.16. The molecule has 2 aromatic carbocycles. The molecule has 6 heteroatoms. The lowest BCUT2D eigenvalue weighted by Crippen LogP contribution is -2.03. The molecule has 0 spiro atoms. The van der Waals surface area contributed by atoms with E-state index in [1.807, 2.05) is 30.3 Å². The van der Waals surface area contributed by atoms with Crippen LogP contribution in [-0.2, 0) is 6.54 Å². The molecule has 0 unspecified atom stereocenters. The number of carbonyl (C=O) groups is 1. The van der Waals surface area contributed by atoms with Crippen LogP contribution in [-0.4, -0.2) is 11.1 Å². The van der Waals surface area contributed by atoms with Gasteiger partial charge in [0.25, 0.3) is 0 Å². The number of aromatic carboxylic acids is 1. The standard InChI is InChI=1S/C18H14BrNO4/c19-12-2-4-13(5-3-12)20-10-14-6-8-17(24-14)11-1-7-16(21)15(9-11)18(22)23/h1-9,20-21H,10H2,(H,22,23)/p-1. The first-order chi connectivity index (χ1) is 11.5. The Morgan fingerprint density at radius 3 is 2.58 bits per heavy atom. The second-order valence-electron chi connectivity index (χ2n) is 5.14. The molecule has 0 aliphatic rings. The lowest BCUT2D eigenvalue weighted by Gasteiger charge is -2.10. The SMILES string of the molecule is O=C(O)c1cc(-c2ccc(CNc3ccc(Br)cc3)o2)ccc1[O-]. The molecule has 0 atom stereocenters. The molecule has 1 aromatic heterocycles. The van der Waals surface area contributed by atoms with Gasteiger partial charge in [-0.1, -0.05) is 33.8 Å². The Morgan fingerprint density at radius 2 is 1.88 bits per heavy atom.